The highest BCUT2D eigenvalue weighted by Gasteiger charge is 2.21. The number of hydrogen-bond acceptors (Lipinski definition) is 5. The monoisotopic (exact) mass is 457 g/mol. The lowest BCUT2D eigenvalue weighted by Gasteiger charge is -2.14. The van der Waals surface area contributed by atoms with Gasteiger partial charge >= 0.3 is 0 Å². The van der Waals surface area contributed by atoms with Crippen molar-refractivity contribution in [3.05, 3.63) is 106 Å². The van der Waals surface area contributed by atoms with Crippen molar-refractivity contribution in [2.45, 2.75) is 23.9 Å². The predicted molar refractivity (Wildman–Crippen MR) is 128 cm³/mol. The molecule has 5 aromatic rings. The molecule has 0 saturated carbocycles. The van der Waals surface area contributed by atoms with Crippen molar-refractivity contribution in [3.63, 3.8) is 0 Å². The van der Waals surface area contributed by atoms with Crippen molar-refractivity contribution in [1.82, 2.24) is 24.7 Å². The first-order valence-electron chi connectivity index (χ1n) is 10.5. The summed E-state index contributed by atoms with van der Waals surface area (Å²) in [6, 6.07) is 23.7. The van der Waals surface area contributed by atoms with Gasteiger partial charge in [0.1, 0.15) is 11.6 Å². The number of nitrogens with one attached hydrogen (secondary N) is 1. The average Bonchev–Trinajstić information content (AvgIpc) is 3.21. The summed E-state index contributed by atoms with van der Waals surface area (Å²) in [5, 5.41) is 9.63. The number of aromatic nitrogens is 5. The molecule has 0 radical (unpaired) electrons. The van der Waals surface area contributed by atoms with E-state index in [1.165, 1.54) is 17.8 Å². The summed E-state index contributed by atoms with van der Waals surface area (Å²) in [7, 11) is 0. The highest BCUT2D eigenvalue weighted by Crippen LogP contribution is 2.35. The van der Waals surface area contributed by atoms with Crippen LogP contribution in [0.5, 0.6) is 0 Å². The minimum atomic E-state index is -0.357. The zero-order chi connectivity index (χ0) is 22.8. The van der Waals surface area contributed by atoms with E-state index in [1.54, 1.807) is 24.3 Å². The van der Waals surface area contributed by atoms with Crippen LogP contribution < -0.4 is 5.56 Å². The molecule has 0 saturated heterocycles. The lowest BCUT2D eigenvalue weighted by molar-refractivity contribution is 0.626. The Morgan fingerprint density at radius 1 is 0.970 bits per heavy atom. The van der Waals surface area contributed by atoms with Crippen LogP contribution in [0.25, 0.3) is 22.3 Å². The molecule has 0 aliphatic heterocycles. The summed E-state index contributed by atoms with van der Waals surface area (Å²) in [5.74, 6) is 0.640. The van der Waals surface area contributed by atoms with Gasteiger partial charge in [-0.1, -0.05) is 66.4 Å². The number of rotatable bonds is 6. The Bertz CT molecular complexity index is 1480. The number of hydrogen-bond donors (Lipinski definition) is 1. The summed E-state index contributed by atoms with van der Waals surface area (Å²) in [6.45, 7) is 2.43. The fraction of sp³-hybridized carbons (Fsp3) is 0.120. The normalized spacial score (nSPS) is 12.2. The Kier molecular flexibility index (Phi) is 5.75. The first-order valence-corrected chi connectivity index (χ1v) is 11.4. The van der Waals surface area contributed by atoms with Gasteiger partial charge in [-0.2, -0.15) is 0 Å². The molecular formula is C25H20FN5OS. The minimum Gasteiger partial charge on any atom is -0.309 e. The third-order valence-corrected chi connectivity index (χ3v) is 6.40. The van der Waals surface area contributed by atoms with E-state index in [4.69, 9.17) is 0 Å². The summed E-state index contributed by atoms with van der Waals surface area (Å²) in [4.78, 5) is 20.0. The van der Waals surface area contributed by atoms with Gasteiger partial charge in [-0.25, -0.2) is 9.37 Å². The maximum atomic E-state index is 14.6. The van der Waals surface area contributed by atoms with Crippen LogP contribution in [0.2, 0.25) is 0 Å². The van der Waals surface area contributed by atoms with Crippen LogP contribution in [0.15, 0.2) is 88.8 Å². The molecule has 8 heteroatoms. The van der Waals surface area contributed by atoms with Gasteiger partial charge in [0, 0.05) is 0 Å². The SMILES string of the molecule is CC(Sc1nnc(-c2ccccc2F)n1Cc1ccccc1)c1nc2ccccc2c(=O)[nH]1. The number of para-hydroxylation sites is 1. The maximum Gasteiger partial charge on any atom is 0.258 e. The lowest BCUT2D eigenvalue weighted by atomic mass is 10.2. The number of aromatic amines is 1. The minimum absolute atomic E-state index is 0.180. The zero-order valence-corrected chi connectivity index (χ0v) is 18.6. The molecule has 0 bridgehead atoms. The molecule has 33 heavy (non-hydrogen) atoms. The molecule has 6 nitrogen and oxygen atoms in total. The van der Waals surface area contributed by atoms with Crippen LogP contribution >= 0.6 is 11.8 Å². The van der Waals surface area contributed by atoms with Crippen LogP contribution in [0, 0.1) is 5.82 Å². The fourth-order valence-corrected chi connectivity index (χ4v) is 4.54. The second-order valence-corrected chi connectivity index (χ2v) is 8.89. The Balaban J connectivity index is 1.54. The Labute approximate surface area is 193 Å². The average molecular weight is 458 g/mol. The van der Waals surface area contributed by atoms with Crippen LogP contribution in [0.4, 0.5) is 4.39 Å². The number of benzene rings is 3. The number of fused-ring (bicyclic) bond motifs is 1. The van der Waals surface area contributed by atoms with Crippen molar-refractivity contribution in [2.75, 3.05) is 0 Å². The van der Waals surface area contributed by atoms with Crippen LogP contribution in [-0.2, 0) is 6.54 Å². The molecule has 164 valence electrons. The second kappa shape index (κ2) is 8.99. The molecule has 0 fully saturated rings. The summed E-state index contributed by atoms with van der Waals surface area (Å²) >= 11 is 1.42. The molecule has 1 atom stereocenters. The maximum absolute atomic E-state index is 14.6. The highest BCUT2D eigenvalue weighted by atomic mass is 32.2. The fourth-order valence-electron chi connectivity index (χ4n) is 3.64. The van der Waals surface area contributed by atoms with Gasteiger partial charge in [-0.05, 0) is 36.8 Å². The van der Waals surface area contributed by atoms with Crippen molar-refractivity contribution < 1.29 is 4.39 Å². The van der Waals surface area contributed by atoms with Gasteiger partial charge < -0.3 is 4.98 Å². The third kappa shape index (κ3) is 4.29. The Morgan fingerprint density at radius 2 is 1.70 bits per heavy atom. The topological polar surface area (TPSA) is 76.5 Å². The Morgan fingerprint density at radius 3 is 2.52 bits per heavy atom. The molecule has 2 heterocycles. The van der Waals surface area contributed by atoms with E-state index in [0.717, 1.165) is 5.56 Å². The largest absolute Gasteiger partial charge is 0.309 e. The smallest absolute Gasteiger partial charge is 0.258 e. The van der Waals surface area contributed by atoms with Gasteiger partial charge in [0.2, 0.25) is 0 Å². The molecule has 0 aliphatic rings. The van der Waals surface area contributed by atoms with Gasteiger partial charge in [-0.3, -0.25) is 9.36 Å². The number of nitrogens with zero attached hydrogens (tertiary/aromatic N) is 4. The molecule has 0 amide bonds. The molecule has 0 spiro atoms. The summed E-state index contributed by atoms with van der Waals surface area (Å²) in [5.41, 5.74) is 1.89. The van der Waals surface area contributed by atoms with E-state index < -0.39 is 0 Å². The van der Waals surface area contributed by atoms with Gasteiger partial charge in [0.15, 0.2) is 11.0 Å². The number of halogens is 1. The summed E-state index contributed by atoms with van der Waals surface area (Å²) < 4.78 is 16.5. The van der Waals surface area contributed by atoms with Crippen molar-refractivity contribution in [2.24, 2.45) is 0 Å². The number of H-pyrrole nitrogens is 1. The van der Waals surface area contributed by atoms with Crippen molar-refractivity contribution in [3.8, 4) is 11.4 Å². The van der Waals surface area contributed by atoms with Crippen molar-refractivity contribution in [1.29, 1.82) is 0 Å². The zero-order valence-electron chi connectivity index (χ0n) is 17.8. The lowest BCUT2D eigenvalue weighted by Crippen LogP contribution is -2.13. The van der Waals surface area contributed by atoms with Crippen LogP contribution in [0.1, 0.15) is 23.6 Å². The van der Waals surface area contributed by atoms with E-state index in [0.29, 0.717) is 39.8 Å². The van der Waals surface area contributed by atoms with Gasteiger partial charge in [0.25, 0.3) is 5.56 Å². The van der Waals surface area contributed by atoms with Gasteiger partial charge in [0.05, 0.1) is 28.3 Å². The van der Waals surface area contributed by atoms with Crippen molar-refractivity contribution >= 4 is 22.7 Å². The van der Waals surface area contributed by atoms with E-state index in [9.17, 15) is 9.18 Å². The first kappa shape index (κ1) is 21.1. The highest BCUT2D eigenvalue weighted by molar-refractivity contribution is 7.99. The summed E-state index contributed by atoms with van der Waals surface area (Å²) in [6.07, 6.45) is 0. The Hall–Kier alpha value is -3.78. The molecule has 1 unspecified atom stereocenters. The molecule has 5 rings (SSSR count). The predicted octanol–water partition coefficient (Wildman–Crippen LogP) is 5.22. The molecule has 3 aromatic carbocycles. The molecule has 1 N–H and O–H groups in total. The number of thioether (sulfide) groups is 1. The quantitative estimate of drug-likeness (QED) is 0.354. The molecular weight excluding hydrogens is 437 g/mol. The van der Waals surface area contributed by atoms with E-state index in [2.05, 4.69) is 20.2 Å². The molecule has 2 aromatic heterocycles. The first-order chi connectivity index (χ1) is 16.1. The van der Waals surface area contributed by atoms with E-state index in [1.807, 2.05) is 60.0 Å². The van der Waals surface area contributed by atoms with E-state index in [-0.39, 0.29) is 16.6 Å². The van der Waals surface area contributed by atoms with Gasteiger partial charge in [-0.15, -0.1) is 10.2 Å². The molecule has 0 aliphatic carbocycles. The standard InChI is InChI=1S/C25H20FN5OS/c1-16(22-27-21-14-8-6-12-19(21)24(32)28-22)33-25-30-29-23(18-11-5-7-13-20(18)26)31(25)15-17-9-3-2-4-10-17/h2-14,16H,15H2,1H3,(H,27,28,32). The third-order valence-electron chi connectivity index (χ3n) is 5.31. The van der Waals surface area contributed by atoms with E-state index >= 15 is 0 Å². The van der Waals surface area contributed by atoms with Crippen LogP contribution in [-0.4, -0.2) is 24.7 Å². The van der Waals surface area contributed by atoms with Crippen LogP contribution in [0.3, 0.4) is 0 Å². The second-order valence-electron chi connectivity index (χ2n) is 7.59.